The summed E-state index contributed by atoms with van der Waals surface area (Å²) in [7, 11) is 1.64. The minimum absolute atomic E-state index is 0.0207. The van der Waals surface area contributed by atoms with Gasteiger partial charge in [-0.15, -0.1) is 0 Å². The smallest absolute Gasteiger partial charge is 0.409 e. The molecule has 110 valence electrons. The quantitative estimate of drug-likeness (QED) is 0.737. The van der Waals surface area contributed by atoms with Crippen LogP contribution in [0.15, 0.2) is 12.1 Å². The van der Waals surface area contributed by atoms with Gasteiger partial charge >= 0.3 is 5.43 Å². The molecule has 0 saturated heterocycles. The van der Waals surface area contributed by atoms with Gasteiger partial charge in [-0.1, -0.05) is 27.7 Å². The number of benzene rings is 1. The van der Waals surface area contributed by atoms with E-state index in [1.807, 2.05) is 6.07 Å². The zero-order valence-corrected chi connectivity index (χ0v) is 13.4. The predicted molar refractivity (Wildman–Crippen MR) is 80.2 cm³/mol. The average Bonchev–Trinajstić information content (AvgIpc) is 2.33. The van der Waals surface area contributed by atoms with Crippen molar-refractivity contribution < 1.29 is 14.3 Å². The lowest BCUT2D eigenvalue weighted by molar-refractivity contribution is 0.225. The Hall–Kier alpha value is -1.22. The molecule has 0 N–H and O–H groups in total. The van der Waals surface area contributed by atoms with Gasteiger partial charge in [0.15, 0.2) is 0 Å². The van der Waals surface area contributed by atoms with E-state index in [1.165, 1.54) is 11.1 Å². The van der Waals surface area contributed by atoms with Crippen LogP contribution in [-0.4, -0.2) is 12.5 Å². The molecule has 0 heterocycles. The van der Waals surface area contributed by atoms with Crippen LogP contribution >= 0.6 is 11.6 Å². The van der Waals surface area contributed by atoms with Crippen LogP contribution in [0.4, 0.5) is 4.79 Å². The van der Waals surface area contributed by atoms with E-state index in [-0.39, 0.29) is 10.8 Å². The molecule has 0 radical (unpaired) electrons. The highest BCUT2D eigenvalue weighted by Gasteiger charge is 2.39. The highest BCUT2D eigenvalue weighted by molar-refractivity contribution is 6.61. The van der Waals surface area contributed by atoms with Crippen molar-refractivity contribution in [1.82, 2.24) is 0 Å². The third kappa shape index (κ3) is 2.64. The lowest BCUT2D eigenvalue weighted by atomic mass is 9.63. The molecule has 3 nitrogen and oxygen atoms in total. The Morgan fingerprint density at radius 2 is 1.75 bits per heavy atom. The van der Waals surface area contributed by atoms with Crippen LogP contribution in [0.5, 0.6) is 11.5 Å². The van der Waals surface area contributed by atoms with E-state index >= 15 is 0 Å². The van der Waals surface area contributed by atoms with Crippen LogP contribution in [-0.2, 0) is 10.8 Å². The van der Waals surface area contributed by atoms with E-state index in [9.17, 15) is 4.79 Å². The Balaban J connectivity index is 2.67. The molecule has 4 heteroatoms. The molecule has 0 bridgehead atoms. The Labute approximate surface area is 125 Å². The average molecular weight is 297 g/mol. The summed E-state index contributed by atoms with van der Waals surface area (Å²) in [6.07, 6.45) is 2.17. The second-order valence-electron chi connectivity index (χ2n) is 6.66. The van der Waals surface area contributed by atoms with E-state index in [4.69, 9.17) is 21.1 Å². The molecule has 1 aromatic rings. The van der Waals surface area contributed by atoms with Crippen molar-refractivity contribution in [1.29, 1.82) is 0 Å². The lowest BCUT2D eigenvalue weighted by Crippen LogP contribution is -2.34. The molecule has 0 aliphatic heterocycles. The maximum Gasteiger partial charge on any atom is 0.409 e. The first kappa shape index (κ1) is 15.2. The van der Waals surface area contributed by atoms with Gasteiger partial charge in [-0.3, -0.25) is 0 Å². The Morgan fingerprint density at radius 3 is 2.30 bits per heavy atom. The summed E-state index contributed by atoms with van der Waals surface area (Å²) in [5.41, 5.74) is 1.60. The fraction of sp³-hybridized carbons (Fsp3) is 0.562. The van der Waals surface area contributed by atoms with Crippen molar-refractivity contribution in [2.75, 3.05) is 7.11 Å². The number of carbonyl (C=O) groups excluding carboxylic acids is 1. The molecular formula is C16H21ClO3. The number of ether oxygens (including phenoxy) is 2. The van der Waals surface area contributed by atoms with Crippen LogP contribution < -0.4 is 9.47 Å². The maximum absolute atomic E-state index is 11.0. The van der Waals surface area contributed by atoms with E-state index < -0.39 is 5.43 Å². The molecule has 0 spiro atoms. The summed E-state index contributed by atoms with van der Waals surface area (Å²) in [4.78, 5) is 11.0. The van der Waals surface area contributed by atoms with Crippen LogP contribution in [0, 0.1) is 0 Å². The molecule has 0 unspecified atom stereocenters. The SMILES string of the molecule is COc1cc(OC(=O)Cl)cc2c1C(C)(C)CCC2(C)C. The van der Waals surface area contributed by atoms with Crippen molar-refractivity contribution in [3.63, 3.8) is 0 Å². The van der Waals surface area contributed by atoms with Gasteiger partial charge in [0.05, 0.1) is 7.11 Å². The summed E-state index contributed by atoms with van der Waals surface area (Å²) >= 11 is 5.32. The monoisotopic (exact) mass is 296 g/mol. The van der Waals surface area contributed by atoms with E-state index in [0.717, 1.165) is 18.6 Å². The first-order valence-electron chi connectivity index (χ1n) is 6.78. The highest BCUT2D eigenvalue weighted by atomic mass is 35.5. The van der Waals surface area contributed by atoms with Crippen LogP contribution in [0.1, 0.15) is 51.7 Å². The molecule has 0 aromatic heterocycles. The Morgan fingerprint density at radius 1 is 1.15 bits per heavy atom. The van der Waals surface area contributed by atoms with Gasteiger partial charge in [0.25, 0.3) is 0 Å². The first-order chi connectivity index (χ1) is 9.17. The minimum Gasteiger partial charge on any atom is -0.496 e. The fourth-order valence-electron chi connectivity index (χ4n) is 3.02. The minimum atomic E-state index is -0.833. The van der Waals surface area contributed by atoms with Crippen LogP contribution in [0.2, 0.25) is 0 Å². The molecule has 0 atom stereocenters. The standard InChI is InChI=1S/C16H21ClO3/c1-15(2)6-7-16(3,4)13-11(15)8-10(20-14(17)18)9-12(13)19-5/h8-9H,6-7H2,1-5H3. The Bertz CT molecular complexity index is 547. The summed E-state index contributed by atoms with van der Waals surface area (Å²) in [6, 6.07) is 3.65. The van der Waals surface area contributed by atoms with E-state index in [2.05, 4.69) is 27.7 Å². The second kappa shape index (κ2) is 4.96. The predicted octanol–water partition coefficient (Wildman–Crippen LogP) is 4.78. The van der Waals surface area contributed by atoms with Gasteiger partial charge in [-0.05, 0) is 35.3 Å². The third-order valence-corrected chi connectivity index (χ3v) is 4.35. The van der Waals surface area contributed by atoms with Crippen molar-refractivity contribution in [2.45, 2.75) is 51.4 Å². The number of rotatable bonds is 2. The zero-order chi connectivity index (χ0) is 15.1. The number of carbonyl (C=O) groups is 1. The maximum atomic E-state index is 11.0. The van der Waals surface area contributed by atoms with Crippen molar-refractivity contribution in [3.8, 4) is 11.5 Å². The topological polar surface area (TPSA) is 35.5 Å². The molecule has 1 aromatic carbocycles. The van der Waals surface area contributed by atoms with Gasteiger partial charge in [-0.25, -0.2) is 4.79 Å². The highest BCUT2D eigenvalue weighted by Crippen LogP contribution is 2.50. The number of methoxy groups -OCH3 is 1. The van der Waals surface area contributed by atoms with Crippen molar-refractivity contribution in [3.05, 3.63) is 23.3 Å². The van der Waals surface area contributed by atoms with Gasteiger partial charge in [-0.2, -0.15) is 0 Å². The fourth-order valence-corrected chi connectivity index (χ4v) is 3.11. The van der Waals surface area contributed by atoms with Gasteiger partial charge in [0.2, 0.25) is 0 Å². The number of hydrogen-bond donors (Lipinski definition) is 0. The van der Waals surface area contributed by atoms with Gasteiger partial charge in [0.1, 0.15) is 11.5 Å². The molecule has 1 aliphatic carbocycles. The molecule has 1 aliphatic rings. The van der Waals surface area contributed by atoms with Crippen LogP contribution in [0.3, 0.4) is 0 Å². The molecule has 0 amide bonds. The van der Waals surface area contributed by atoms with E-state index in [0.29, 0.717) is 5.75 Å². The molecule has 2 rings (SSSR count). The third-order valence-electron chi connectivity index (χ3n) is 4.27. The molecule has 0 fully saturated rings. The summed E-state index contributed by atoms with van der Waals surface area (Å²) in [5, 5.41) is 0. The lowest BCUT2D eigenvalue weighted by Gasteiger charge is -2.42. The van der Waals surface area contributed by atoms with Crippen molar-refractivity contribution >= 4 is 17.0 Å². The summed E-state index contributed by atoms with van der Waals surface area (Å²) in [5.74, 6) is 1.19. The van der Waals surface area contributed by atoms with E-state index in [1.54, 1.807) is 13.2 Å². The number of halogens is 1. The summed E-state index contributed by atoms with van der Waals surface area (Å²) < 4.78 is 10.6. The van der Waals surface area contributed by atoms with Crippen LogP contribution in [0.25, 0.3) is 0 Å². The second-order valence-corrected chi connectivity index (χ2v) is 6.96. The normalized spacial score (nSPS) is 19.1. The number of hydrogen-bond acceptors (Lipinski definition) is 3. The zero-order valence-electron chi connectivity index (χ0n) is 12.7. The molecule has 0 saturated carbocycles. The van der Waals surface area contributed by atoms with Gasteiger partial charge < -0.3 is 9.47 Å². The summed E-state index contributed by atoms with van der Waals surface area (Å²) in [6.45, 7) is 8.84. The van der Waals surface area contributed by atoms with Gasteiger partial charge in [0, 0.05) is 23.2 Å². The Kier molecular flexibility index (Phi) is 3.76. The van der Waals surface area contributed by atoms with Crippen molar-refractivity contribution in [2.24, 2.45) is 0 Å². The largest absolute Gasteiger partial charge is 0.496 e. The molecule has 20 heavy (non-hydrogen) atoms. The first-order valence-corrected chi connectivity index (χ1v) is 7.15. The number of fused-ring (bicyclic) bond motifs is 1. The molecular weight excluding hydrogens is 276 g/mol.